The van der Waals surface area contributed by atoms with E-state index in [1.165, 1.54) is 31.7 Å². The van der Waals surface area contributed by atoms with Crippen molar-refractivity contribution in [2.24, 2.45) is 0 Å². The molecule has 0 aliphatic heterocycles. The van der Waals surface area contributed by atoms with Crippen LogP contribution in [-0.2, 0) is 0 Å². The van der Waals surface area contributed by atoms with E-state index in [-0.39, 0.29) is 5.75 Å². The van der Waals surface area contributed by atoms with Crippen LogP contribution in [0.5, 0.6) is 5.75 Å². The van der Waals surface area contributed by atoms with E-state index in [9.17, 15) is 4.39 Å². The van der Waals surface area contributed by atoms with Crippen molar-refractivity contribution in [3.05, 3.63) is 17.9 Å². The molecular weight excluding hydrogens is 267 g/mol. The SMILES string of the molecule is CCCCCCC(C)Nc1cc(OCCC)c(F)cc1N. The Bertz CT molecular complexity index is 423. The van der Waals surface area contributed by atoms with Crippen molar-refractivity contribution in [2.45, 2.75) is 65.3 Å². The molecule has 0 amide bonds. The van der Waals surface area contributed by atoms with Crippen LogP contribution in [0.3, 0.4) is 0 Å². The maximum absolute atomic E-state index is 13.7. The number of anilines is 2. The summed E-state index contributed by atoms with van der Waals surface area (Å²) in [7, 11) is 0. The molecular formula is C17H29FN2O. The van der Waals surface area contributed by atoms with Gasteiger partial charge >= 0.3 is 0 Å². The molecule has 0 saturated heterocycles. The summed E-state index contributed by atoms with van der Waals surface area (Å²) in [6, 6.07) is 3.31. The third kappa shape index (κ3) is 6.23. The van der Waals surface area contributed by atoms with E-state index in [0.717, 1.165) is 18.5 Å². The number of unbranched alkanes of at least 4 members (excludes halogenated alkanes) is 3. The summed E-state index contributed by atoms with van der Waals surface area (Å²) < 4.78 is 19.2. The fraction of sp³-hybridized carbons (Fsp3) is 0.647. The summed E-state index contributed by atoms with van der Waals surface area (Å²) in [4.78, 5) is 0. The summed E-state index contributed by atoms with van der Waals surface area (Å²) in [6.45, 7) is 6.83. The topological polar surface area (TPSA) is 47.3 Å². The molecule has 0 spiro atoms. The van der Waals surface area contributed by atoms with Crippen LogP contribution >= 0.6 is 0 Å². The molecule has 1 rings (SSSR count). The van der Waals surface area contributed by atoms with Crippen LogP contribution in [0.4, 0.5) is 15.8 Å². The van der Waals surface area contributed by atoms with Crippen LogP contribution < -0.4 is 15.8 Å². The smallest absolute Gasteiger partial charge is 0.167 e. The van der Waals surface area contributed by atoms with Crippen LogP contribution in [0.2, 0.25) is 0 Å². The molecule has 1 aromatic carbocycles. The monoisotopic (exact) mass is 296 g/mol. The summed E-state index contributed by atoms with van der Waals surface area (Å²) in [5.74, 6) is -0.131. The van der Waals surface area contributed by atoms with Gasteiger partial charge in [0.05, 0.1) is 18.0 Å². The minimum absolute atomic E-state index is 0.270. The van der Waals surface area contributed by atoms with E-state index in [1.54, 1.807) is 6.07 Å². The quantitative estimate of drug-likeness (QED) is 0.473. The van der Waals surface area contributed by atoms with E-state index >= 15 is 0 Å². The second kappa shape index (κ2) is 9.48. The Morgan fingerprint density at radius 2 is 1.95 bits per heavy atom. The Labute approximate surface area is 128 Å². The lowest BCUT2D eigenvalue weighted by Crippen LogP contribution is -2.16. The second-order valence-corrected chi connectivity index (χ2v) is 5.61. The third-order valence-electron chi connectivity index (χ3n) is 3.46. The van der Waals surface area contributed by atoms with E-state index in [2.05, 4.69) is 19.2 Å². The number of nitrogen functional groups attached to an aromatic ring is 1. The van der Waals surface area contributed by atoms with Crippen LogP contribution in [0.25, 0.3) is 0 Å². The third-order valence-corrected chi connectivity index (χ3v) is 3.46. The highest BCUT2D eigenvalue weighted by molar-refractivity contribution is 5.68. The highest BCUT2D eigenvalue weighted by atomic mass is 19.1. The molecule has 1 atom stereocenters. The lowest BCUT2D eigenvalue weighted by molar-refractivity contribution is 0.301. The highest BCUT2D eigenvalue weighted by Crippen LogP contribution is 2.29. The van der Waals surface area contributed by atoms with E-state index in [4.69, 9.17) is 10.5 Å². The van der Waals surface area contributed by atoms with E-state index < -0.39 is 5.82 Å². The van der Waals surface area contributed by atoms with Gasteiger partial charge in [0.25, 0.3) is 0 Å². The number of hydrogen-bond acceptors (Lipinski definition) is 3. The maximum Gasteiger partial charge on any atom is 0.167 e. The molecule has 3 nitrogen and oxygen atoms in total. The van der Waals surface area contributed by atoms with Crippen molar-refractivity contribution in [1.29, 1.82) is 0 Å². The Kier molecular flexibility index (Phi) is 7.95. The average molecular weight is 296 g/mol. The number of ether oxygens (including phenoxy) is 1. The van der Waals surface area contributed by atoms with Crippen LogP contribution in [0, 0.1) is 5.82 Å². The molecule has 0 heterocycles. The molecule has 0 aliphatic rings. The van der Waals surface area contributed by atoms with Crippen LogP contribution in [0.15, 0.2) is 12.1 Å². The molecule has 0 radical (unpaired) electrons. The van der Waals surface area contributed by atoms with Crippen LogP contribution in [-0.4, -0.2) is 12.6 Å². The molecule has 0 fully saturated rings. The molecule has 21 heavy (non-hydrogen) atoms. The van der Waals surface area contributed by atoms with Gasteiger partial charge < -0.3 is 15.8 Å². The lowest BCUT2D eigenvalue weighted by Gasteiger charge is -2.18. The van der Waals surface area contributed by atoms with Gasteiger partial charge in [-0.15, -0.1) is 0 Å². The molecule has 1 unspecified atom stereocenters. The first-order valence-electron chi connectivity index (χ1n) is 8.06. The molecule has 4 heteroatoms. The van der Waals surface area contributed by atoms with Crippen molar-refractivity contribution in [2.75, 3.05) is 17.7 Å². The summed E-state index contributed by atoms with van der Waals surface area (Å²) in [6.07, 6.45) is 6.90. The summed E-state index contributed by atoms with van der Waals surface area (Å²) >= 11 is 0. The molecule has 0 bridgehead atoms. The van der Waals surface area contributed by atoms with Crippen molar-refractivity contribution >= 4 is 11.4 Å². The Hall–Kier alpha value is -1.45. The number of halogens is 1. The minimum atomic E-state index is -0.401. The average Bonchev–Trinajstić information content (AvgIpc) is 2.45. The Morgan fingerprint density at radius 1 is 1.19 bits per heavy atom. The zero-order valence-electron chi connectivity index (χ0n) is 13.5. The molecule has 1 aromatic rings. The van der Waals surface area contributed by atoms with Gasteiger partial charge in [0.1, 0.15) is 0 Å². The van der Waals surface area contributed by atoms with Gasteiger partial charge in [-0.25, -0.2) is 4.39 Å². The van der Waals surface area contributed by atoms with E-state index in [1.807, 2.05) is 6.92 Å². The van der Waals surface area contributed by atoms with Gasteiger partial charge in [-0.2, -0.15) is 0 Å². The van der Waals surface area contributed by atoms with Gasteiger partial charge in [0.2, 0.25) is 0 Å². The van der Waals surface area contributed by atoms with Crippen molar-refractivity contribution in [1.82, 2.24) is 0 Å². The molecule has 120 valence electrons. The van der Waals surface area contributed by atoms with Gasteiger partial charge in [-0.05, 0) is 19.8 Å². The Morgan fingerprint density at radius 3 is 2.62 bits per heavy atom. The van der Waals surface area contributed by atoms with Crippen molar-refractivity contribution in [3.8, 4) is 5.75 Å². The first-order valence-corrected chi connectivity index (χ1v) is 8.06. The Balaban J connectivity index is 2.60. The van der Waals surface area contributed by atoms with Crippen molar-refractivity contribution < 1.29 is 9.13 Å². The standard InChI is InChI=1S/C17H29FN2O/c1-4-6-7-8-9-13(3)20-16-12-17(21-10-5-2)14(18)11-15(16)19/h11-13,20H,4-10,19H2,1-3H3. The number of hydrogen-bond donors (Lipinski definition) is 2. The van der Waals surface area contributed by atoms with Crippen LogP contribution in [0.1, 0.15) is 59.3 Å². The summed E-state index contributed by atoms with van der Waals surface area (Å²) in [5, 5.41) is 3.36. The number of benzene rings is 1. The molecule has 0 saturated carbocycles. The van der Waals surface area contributed by atoms with E-state index in [0.29, 0.717) is 18.3 Å². The number of nitrogens with one attached hydrogen (secondary N) is 1. The molecule has 3 N–H and O–H groups in total. The maximum atomic E-state index is 13.7. The second-order valence-electron chi connectivity index (χ2n) is 5.61. The lowest BCUT2D eigenvalue weighted by atomic mass is 10.1. The largest absolute Gasteiger partial charge is 0.490 e. The highest BCUT2D eigenvalue weighted by Gasteiger charge is 2.11. The van der Waals surface area contributed by atoms with Gasteiger partial charge in [-0.3, -0.25) is 0 Å². The first kappa shape index (κ1) is 17.6. The van der Waals surface area contributed by atoms with Gasteiger partial charge in [0, 0.05) is 18.2 Å². The predicted molar refractivity (Wildman–Crippen MR) is 88.4 cm³/mol. The number of nitrogens with two attached hydrogens (primary N) is 1. The normalized spacial score (nSPS) is 12.2. The zero-order valence-corrected chi connectivity index (χ0v) is 13.5. The first-order chi connectivity index (χ1) is 10.1. The fourth-order valence-corrected chi connectivity index (χ4v) is 2.23. The molecule has 0 aliphatic carbocycles. The zero-order chi connectivity index (χ0) is 15.7. The van der Waals surface area contributed by atoms with Gasteiger partial charge in [0.15, 0.2) is 11.6 Å². The van der Waals surface area contributed by atoms with Gasteiger partial charge in [-0.1, -0.05) is 39.5 Å². The van der Waals surface area contributed by atoms with Crippen molar-refractivity contribution in [3.63, 3.8) is 0 Å². The fourth-order valence-electron chi connectivity index (χ4n) is 2.23. The number of rotatable bonds is 10. The minimum Gasteiger partial charge on any atom is -0.490 e. The predicted octanol–water partition coefficient (Wildman–Crippen LogP) is 4.97. The summed E-state index contributed by atoms with van der Waals surface area (Å²) in [5.41, 5.74) is 7.07. The molecule has 0 aromatic heterocycles.